The molecule has 0 bridgehead atoms. The third kappa shape index (κ3) is 3.56. The molecule has 1 N–H and O–H groups in total. The predicted octanol–water partition coefficient (Wildman–Crippen LogP) is 4.30. The van der Waals surface area contributed by atoms with Crippen LogP contribution >= 0.6 is 0 Å². The van der Waals surface area contributed by atoms with E-state index in [1.165, 1.54) is 16.5 Å². The zero-order valence-corrected chi connectivity index (χ0v) is 14.0. The Morgan fingerprint density at radius 3 is 2.33 bits per heavy atom. The Balaban J connectivity index is 2.36. The molecule has 114 valence electrons. The van der Waals surface area contributed by atoms with Gasteiger partial charge in [-0.05, 0) is 30.8 Å². The van der Waals surface area contributed by atoms with Gasteiger partial charge >= 0.3 is 0 Å². The van der Waals surface area contributed by atoms with Crippen LogP contribution < -0.4 is 10.2 Å². The van der Waals surface area contributed by atoms with Gasteiger partial charge in [-0.2, -0.15) is 0 Å². The summed E-state index contributed by atoms with van der Waals surface area (Å²) in [4.78, 5) is 2.48. The molecule has 0 aliphatic rings. The Labute approximate surface area is 129 Å². The standard InChI is InChI=1S/C19H28N2/c1-6-21(14-18(20-5)19(2,3)4)17-13-9-11-15-10-7-8-12-16(15)17/h7-13,18,20H,6,14H2,1-5H3. The quantitative estimate of drug-likeness (QED) is 0.880. The number of benzene rings is 2. The third-order valence-corrected chi connectivity index (χ3v) is 4.29. The summed E-state index contributed by atoms with van der Waals surface area (Å²) in [5.41, 5.74) is 1.58. The van der Waals surface area contributed by atoms with Crippen molar-refractivity contribution in [3.63, 3.8) is 0 Å². The van der Waals surface area contributed by atoms with Crippen molar-refractivity contribution < 1.29 is 0 Å². The van der Waals surface area contributed by atoms with E-state index < -0.39 is 0 Å². The van der Waals surface area contributed by atoms with Gasteiger partial charge in [-0.15, -0.1) is 0 Å². The van der Waals surface area contributed by atoms with Gasteiger partial charge in [0.15, 0.2) is 0 Å². The minimum absolute atomic E-state index is 0.243. The highest BCUT2D eigenvalue weighted by Gasteiger charge is 2.25. The molecule has 0 aliphatic carbocycles. The largest absolute Gasteiger partial charge is 0.370 e. The van der Waals surface area contributed by atoms with Crippen LogP contribution in [-0.4, -0.2) is 26.2 Å². The summed E-state index contributed by atoms with van der Waals surface area (Å²) in [6, 6.07) is 15.7. The molecule has 0 amide bonds. The van der Waals surface area contributed by atoms with Crippen molar-refractivity contribution in [3.8, 4) is 0 Å². The van der Waals surface area contributed by atoms with Gasteiger partial charge in [-0.1, -0.05) is 57.2 Å². The van der Waals surface area contributed by atoms with E-state index in [2.05, 4.69) is 87.4 Å². The van der Waals surface area contributed by atoms with E-state index in [9.17, 15) is 0 Å². The summed E-state index contributed by atoms with van der Waals surface area (Å²) in [5.74, 6) is 0. The highest BCUT2D eigenvalue weighted by molar-refractivity contribution is 5.94. The van der Waals surface area contributed by atoms with Crippen molar-refractivity contribution in [1.29, 1.82) is 0 Å². The van der Waals surface area contributed by atoms with Crippen LogP contribution in [0.4, 0.5) is 5.69 Å². The molecule has 0 radical (unpaired) electrons. The lowest BCUT2D eigenvalue weighted by Crippen LogP contribution is -2.47. The van der Waals surface area contributed by atoms with Crippen molar-refractivity contribution >= 4 is 16.5 Å². The molecule has 1 unspecified atom stereocenters. The Hall–Kier alpha value is -1.54. The van der Waals surface area contributed by atoms with Crippen LogP contribution in [0.25, 0.3) is 10.8 Å². The summed E-state index contributed by atoms with van der Waals surface area (Å²) >= 11 is 0. The zero-order chi connectivity index (χ0) is 15.5. The molecular formula is C19H28N2. The van der Waals surface area contributed by atoms with Crippen molar-refractivity contribution in [3.05, 3.63) is 42.5 Å². The predicted molar refractivity (Wildman–Crippen MR) is 94.1 cm³/mol. The first kappa shape index (κ1) is 15.8. The van der Waals surface area contributed by atoms with E-state index in [-0.39, 0.29) is 5.41 Å². The lowest BCUT2D eigenvalue weighted by atomic mass is 9.86. The molecule has 0 fully saturated rings. The molecule has 2 rings (SSSR count). The molecule has 0 saturated heterocycles. The Morgan fingerprint density at radius 2 is 1.71 bits per heavy atom. The summed E-state index contributed by atoms with van der Waals surface area (Å²) in [6.45, 7) is 11.2. The second kappa shape index (κ2) is 6.48. The van der Waals surface area contributed by atoms with E-state index in [4.69, 9.17) is 0 Å². The topological polar surface area (TPSA) is 15.3 Å². The maximum Gasteiger partial charge on any atom is 0.0446 e. The molecule has 2 heteroatoms. The summed E-state index contributed by atoms with van der Waals surface area (Å²) in [6.07, 6.45) is 0. The smallest absolute Gasteiger partial charge is 0.0446 e. The third-order valence-electron chi connectivity index (χ3n) is 4.29. The Kier molecular flexibility index (Phi) is 4.89. The van der Waals surface area contributed by atoms with Crippen LogP contribution in [0.5, 0.6) is 0 Å². The van der Waals surface area contributed by atoms with Crippen LogP contribution in [0, 0.1) is 5.41 Å². The van der Waals surface area contributed by atoms with Crippen LogP contribution in [0.15, 0.2) is 42.5 Å². The van der Waals surface area contributed by atoms with Crippen LogP contribution in [0.3, 0.4) is 0 Å². The lowest BCUT2D eigenvalue weighted by molar-refractivity contribution is 0.283. The fraction of sp³-hybridized carbons (Fsp3) is 0.474. The SMILES string of the molecule is CCN(CC(NC)C(C)(C)C)c1cccc2ccccc12. The van der Waals surface area contributed by atoms with E-state index in [1.807, 2.05) is 0 Å². The number of hydrogen-bond acceptors (Lipinski definition) is 2. The minimum atomic E-state index is 0.243. The van der Waals surface area contributed by atoms with Crippen molar-refractivity contribution in [2.45, 2.75) is 33.7 Å². The molecular weight excluding hydrogens is 256 g/mol. The van der Waals surface area contributed by atoms with Gasteiger partial charge in [0.1, 0.15) is 0 Å². The van der Waals surface area contributed by atoms with Gasteiger partial charge in [-0.25, -0.2) is 0 Å². The maximum absolute atomic E-state index is 3.48. The molecule has 0 aromatic heterocycles. The number of hydrogen-bond donors (Lipinski definition) is 1. The second-order valence-corrected chi connectivity index (χ2v) is 6.74. The first-order chi connectivity index (χ1) is 9.97. The van der Waals surface area contributed by atoms with Crippen molar-refractivity contribution in [1.82, 2.24) is 5.32 Å². The minimum Gasteiger partial charge on any atom is -0.370 e. The molecule has 1 atom stereocenters. The van der Waals surface area contributed by atoms with E-state index in [0.717, 1.165) is 13.1 Å². The van der Waals surface area contributed by atoms with Gasteiger partial charge in [0.25, 0.3) is 0 Å². The Bertz CT molecular complexity index is 578. The van der Waals surface area contributed by atoms with Gasteiger partial charge in [0.05, 0.1) is 0 Å². The van der Waals surface area contributed by atoms with Gasteiger partial charge in [0.2, 0.25) is 0 Å². The summed E-state index contributed by atoms with van der Waals surface area (Å²) in [7, 11) is 2.06. The van der Waals surface area contributed by atoms with Gasteiger partial charge in [-0.3, -0.25) is 0 Å². The molecule has 0 spiro atoms. The monoisotopic (exact) mass is 284 g/mol. The lowest BCUT2D eigenvalue weighted by Gasteiger charge is -2.36. The molecule has 0 saturated carbocycles. The maximum atomic E-state index is 3.48. The first-order valence-corrected chi connectivity index (χ1v) is 7.87. The van der Waals surface area contributed by atoms with Crippen LogP contribution in [0.2, 0.25) is 0 Å². The molecule has 2 aromatic carbocycles. The average Bonchev–Trinajstić information content (AvgIpc) is 2.47. The highest BCUT2D eigenvalue weighted by atomic mass is 15.2. The fourth-order valence-electron chi connectivity index (χ4n) is 2.90. The zero-order valence-electron chi connectivity index (χ0n) is 14.0. The second-order valence-electron chi connectivity index (χ2n) is 6.74. The number of rotatable bonds is 5. The van der Waals surface area contributed by atoms with Crippen LogP contribution in [0.1, 0.15) is 27.7 Å². The fourth-order valence-corrected chi connectivity index (χ4v) is 2.90. The number of fused-ring (bicyclic) bond motifs is 1. The number of nitrogens with zero attached hydrogens (tertiary/aromatic N) is 1. The van der Waals surface area contributed by atoms with Crippen molar-refractivity contribution in [2.75, 3.05) is 25.0 Å². The first-order valence-electron chi connectivity index (χ1n) is 7.87. The summed E-state index contributed by atoms with van der Waals surface area (Å²) < 4.78 is 0. The molecule has 0 aliphatic heterocycles. The normalized spacial score (nSPS) is 13.4. The number of nitrogens with one attached hydrogen (secondary N) is 1. The molecule has 0 heterocycles. The number of likely N-dealkylation sites (N-methyl/N-ethyl adjacent to an activating group) is 2. The highest BCUT2D eigenvalue weighted by Crippen LogP contribution is 2.28. The van der Waals surface area contributed by atoms with Crippen LogP contribution in [-0.2, 0) is 0 Å². The molecule has 2 aromatic rings. The van der Waals surface area contributed by atoms with E-state index in [0.29, 0.717) is 6.04 Å². The molecule has 21 heavy (non-hydrogen) atoms. The van der Waals surface area contributed by atoms with E-state index >= 15 is 0 Å². The van der Waals surface area contributed by atoms with Crippen molar-refractivity contribution in [2.24, 2.45) is 5.41 Å². The van der Waals surface area contributed by atoms with Gasteiger partial charge in [0, 0.05) is 30.2 Å². The van der Waals surface area contributed by atoms with Gasteiger partial charge < -0.3 is 10.2 Å². The van der Waals surface area contributed by atoms with E-state index in [1.54, 1.807) is 0 Å². The Morgan fingerprint density at radius 1 is 1.05 bits per heavy atom. The average molecular weight is 284 g/mol. The summed E-state index contributed by atoms with van der Waals surface area (Å²) in [5, 5.41) is 6.13. The molecule has 2 nitrogen and oxygen atoms in total. The number of anilines is 1.